The van der Waals surface area contributed by atoms with E-state index in [1.54, 1.807) is 0 Å². The molecule has 0 amide bonds. The first-order valence-corrected chi connectivity index (χ1v) is 16.3. The van der Waals surface area contributed by atoms with Gasteiger partial charge in [0.25, 0.3) is 0 Å². The monoisotopic (exact) mass is 561 g/mol. The minimum Gasteiger partial charge on any atom is -0.378 e. The van der Waals surface area contributed by atoms with Gasteiger partial charge in [-0.15, -0.1) is 11.8 Å². The summed E-state index contributed by atoms with van der Waals surface area (Å²) in [6.07, 6.45) is 8.55. The van der Waals surface area contributed by atoms with Crippen LogP contribution in [0.25, 0.3) is 22.3 Å². The largest absolute Gasteiger partial charge is 0.378 e. The molecule has 0 aliphatic carbocycles. The molecule has 0 bridgehead atoms. The maximum atomic E-state index is 5.68. The number of nitrogens with one attached hydrogen (secondary N) is 1. The standard InChI is InChI=1S/C31H43N7OS/c1-2-10-35(11-3-1)12-5-13-36-14-16-37(17-15-36)23-24-22-28-29(40-24)31(38-18-20-39-21-19-38)34-30(33-28)26-6-4-7-27-25(26)8-9-32-27/h4,6-9,24,32H,1-3,5,10-23H2. The molecule has 9 heteroatoms. The van der Waals surface area contributed by atoms with Gasteiger partial charge in [0.1, 0.15) is 5.82 Å². The molecule has 1 atom stereocenters. The van der Waals surface area contributed by atoms with Gasteiger partial charge < -0.3 is 24.4 Å². The van der Waals surface area contributed by atoms with E-state index in [0.29, 0.717) is 5.25 Å². The predicted octanol–water partition coefficient (Wildman–Crippen LogP) is 3.97. The maximum Gasteiger partial charge on any atom is 0.162 e. The predicted molar refractivity (Wildman–Crippen MR) is 163 cm³/mol. The first-order chi connectivity index (χ1) is 19.8. The maximum absolute atomic E-state index is 5.68. The van der Waals surface area contributed by atoms with Crippen molar-refractivity contribution in [2.75, 3.05) is 90.1 Å². The third-order valence-electron chi connectivity index (χ3n) is 9.09. The number of rotatable bonds is 8. The first-order valence-electron chi connectivity index (χ1n) is 15.4. The lowest BCUT2D eigenvalue weighted by Gasteiger charge is -2.36. The molecule has 0 saturated carbocycles. The Morgan fingerprint density at radius 2 is 1.62 bits per heavy atom. The number of morpholine rings is 1. The van der Waals surface area contributed by atoms with Gasteiger partial charge in [0.2, 0.25) is 0 Å². The van der Waals surface area contributed by atoms with Gasteiger partial charge in [0.05, 0.1) is 23.8 Å². The van der Waals surface area contributed by atoms with Crippen molar-refractivity contribution in [2.24, 2.45) is 0 Å². The zero-order valence-electron chi connectivity index (χ0n) is 23.7. The number of thioether (sulfide) groups is 1. The Morgan fingerprint density at radius 3 is 2.45 bits per heavy atom. The van der Waals surface area contributed by atoms with Crippen molar-refractivity contribution in [3.05, 3.63) is 36.2 Å². The summed E-state index contributed by atoms with van der Waals surface area (Å²) in [6, 6.07) is 8.52. The van der Waals surface area contributed by atoms with E-state index in [-0.39, 0.29) is 0 Å². The van der Waals surface area contributed by atoms with E-state index in [1.165, 1.54) is 94.0 Å². The molecule has 3 saturated heterocycles. The van der Waals surface area contributed by atoms with Crippen LogP contribution in [0.5, 0.6) is 0 Å². The van der Waals surface area contributed by atoms with Crippen LogP contribution < -0.4 is 4.90 Å². The highest BCUT2D eigenvalue weighted by Gasteiger charge is 2.32. The Balaban J connectivity index is 1.00. The smallest absolute Gasteiger partial charge is 0.162 e. The number of aromatic nitrogens is 3. The molecule has 2 aromatic heterocycles. The Labute approximate surface area is 242 Å². The number of fused-ring (bicyclic) bond motifs is 2. The van der Waals surface area contributed by atoms with Crippen LogP contribution in [-0.2, 0) is 11.2 Å². The topological polar surface area (TPSA) is 63.8 Å². The lowest BCUT2D eigenvalue weighted by Crippen LogP contribution is -2.48. The summed E-state index contributed by atoms with van der Waals surface area (Å²) < 4.78 is 5.68. The third-order valence-corrected chi connectivity index (χ3v) is 10.4. The van der Waals surface area contributed by atoms with Crippen molar-refractivity contribution in [3.8, 4) is 11.4 Å². The van der Waals surface area contributed by atoms with Gasteiger partial charge in [-0.1, -0.05) is 18.6 Å². The molecule has 214 valence electrons. The second-order valence-electron chi connectivity index (χ2n) is 11.8. The highest BCUT2D eigenvalue weighted by molar-refractivity contribution is 8.00. The molecular weight excluding hydrogens is 518 g/mol. The molecule has 1 N–H and O–H groups in total. The zero-order valence-corrected chi connectivity index (χ0v) is 24.5. The Morgan fingerprint density at radius 1 is 0.850 bits per heavy atom. The number of ether oxygens (including phenoxy) is 1. The van der Waals surface area contributed by atoms with Crippen LogP contribution in [0.4, 0.5) is 5.82 Å². The molecular formula is C31H43N7OS. The van der Waals surface area contributed by atoms with Gasteiger partial charge in [-0.2, -0.15) is 0 Å². The van der Waals surface area contributed by atoms with Crippen LogP contribution in [0.3, 0.4) is 0 Å². The molecule has 40 heavy (non-hydrogen) atoms. The van der Waals surface area contributed by atoms with E-state index in [0.717, 1.165) is 62.0 Å². The SMILES string of the molecule is c1cc(-c2nc3c(c(N4CCOCC4)n2)SC(CN2CCN(CCCN4CCCCC4)CC2)C3)c2cc[nH]c2c1. The second kappa shape index (κ2) is 12.4. The van der Waals surface area contributed by atoms with Gasteiger partial charge >= 0.3 is 0 Å². The highest BCUT2D eigenvalue weighted by Crippen LogP contribution is 2.43. The number of H-pyrrole nitrogens is 1. The summed E-state index contributed by atoms with van der Waals surface area (Å²) in [5, 5.41) is 1.72. The van der Waals surface area contributed by atoms with Crippen LogP contribution in [0.2, 0.25) is 0 Å². The fraction of sp³-hybridized carbons (Fsp3) is 0.613. The molecule has 1 unspecified atom stereocenters. The molecule has 8 nitrogen and oxygen atoms in total. The number of nitrogens with zero attached hydrogens (tertiary/aromatic N) is 6. The summed E-state index contributed by atoms with van der Waals surface area (Å²) in [5.41, 5.74) is 3.47. The molecule has 4 aliphatic rings. The number of hydrogen-bond acceptors (Lipinski definition) is 8. The van der Waals surface area contributed by atoms with Crippen LogP contribution >= 0.6 is 11.8 Å². The van der Waals surface area contributed by atoms with E-state index in [2.05, 4.69) is 48.8 Å². The van der Waals surface area contributed by atoms with Crippen molar-refractivity contribution in [1.29, 1.82) is 0 Å². The fourth-order valence-corrected chi connectivity index (χ4v) is 8.25. The number of aromatic amines is 1. The van der Waals surface area contributed by atoms with Crippen LogP contribution in [0.15, 0.2) is 35.4 Å². The minimum atomic E-state index is 0.535. The quantitative estimate of drug-likeness (QED) is 0.443. The molecule has 4 aliphatic heterocycles. The summed E-state index contributed by atoms with van der Waals surface area (Å²) in [5.74, 6) is 1.96. The van der Waals surface area contributed by atoms with E-state index in [4.69, 9.17) is 14.7 Å². The average Bonchev–Trinajstić information content (AvgIpc) is 3.65. The van der Waals surface area contributed by atoms with Crippen molar-refractivity contribution in [3.63, 3.8) is 0 Å². The van der Waals surface area contributed by atoms with E-state index in [1.807, 2.05) is 18.0 Å². The van der Waals surface area contributed by atoms with Crippen molar-refractivity contribution < 1.29 is 4.74 Å². The summed E-state index contributed by atoms with van der Waals surface area (Å²) >= 11 is 2.02. The molecule has 3 aromatic rings. The van der Waals surface area contributed by atoms with Gasteiger partial charge in [-0.25, -0.2) is 9.97 Å². The number of likely N-dealkylation sites (tertiary alicyclic amines) is 1. The van der Waals surface area contributed by atoms with E-state index in [9.17, 15) is 0 Å². The van der Waals surface area contributed by atoms with Gasteiger partial charge in [0.15, 0.2) is 5.82 Å². The molecule has 0 spiro atoms. The normalized spacial score (nSPS) is 23.2. The summed E-state index contributed by atoms with van der Waals surface area (Å²) in [4.78, 5) is 25.5. The van der Waals surface area contributed by atoms with Crippen molar-refractivity contribution in [1.82, 2.24) is 29.7 Å². The van der Waals surface area contributed by atoms with Gasteiger partial charge in [-0.3, -0.25) is 4.90 Å². The Bertz CT molecular complexity index is 1280. The molecule has 7 rings (SSSR count). The van der Waals surface area contributed by atoms with E-state index < -0.39 is 0 Å². The highest BCUT2D eigenvalue weighted by atomic mass is 32.2. The van der Waals surface area contributed by atoms with Gasteiger partial charge in [-0.05, 0) is 57.6 Å². The Kier molecular flexibility index (Phi) is 8.26. The third kappa shape index (κ3) is 5.90. The minimum absolute atomic E-state index is 0.535. The van der Waals surface area contributed by atoms with Crippen molar-refractivity contribution in [2.45, 2.75) is 42.2 Å². The second-order valence-corrected chi connectivity index (χ2v) is 13.1. The number of hydrogen-bond donors (Lipinski definition) is 1. The molecule has 0 radical (unpaired) electrons. The van der Waals surface area contributed by atoms with E-state index >= 15 is 0 Å². The summed E-state index contributed by atoms with van der Waals surface area (Å²) in [6.45, 7) is 14.4. The van der Waals surface area contributed by atoms with Crippen LogP contribution in [0, 0.1) is 0 Å². The number of benzene rings is 1. The summed E-state index contributed by atoms with van der Waals surface area (Å²) in [7, 11) is 0. The average molecular weight is 562 g/mol. The molecule has 6 heterocycles. The number of piperazine rings is 1. The molecule has 1 aromatic carbocycles. The number of anilines is 1. The molecule has 3 fully saturated rings. The van der Waals surface area contributed by atoms with Gasteiger partial charge in [0, 0.05) is 80.1 Å². The Hall–Kier alpha value is -2.17. The lowest BCUT2D eigenvalue weighted by molar-refractivity contribution is 0.122. The zero-order chi connectivity index (χ0) is 26.7. The number of piperidine rings is 1. The van der Waals surface area contributed by atoms with Crippen molar-refractivity contribution >= 4 is 28.5 Å². The lowest BCUT2D eigenvalue weighted by atomic mass is 10.1. The fourth-order valence-electron chi connectivity index (χ4n) is 6.84. The first kappa shape index (κ1) is 26.7. The van der Waals surface area contributed by atoms with Crippen LogP contribution in [-0.4, -0.2) is 120 Å². The van der Waals surface area contributed by atoms with Crippen LogP contribution in [0.1, 0.15) is 31.4 Å².